The molecule has 2 rings (SSSR count). The highest BCUT2D eigenvalue weighted by atomic mass is 16.7. The van der Waals surface area contributed by atoms with Crippen LogP contribution >= 0.6 is 0 Å². The van der Waals surface area contributed by atoms with E-state index in [2.05, 4.69) is 4.74 Å². The molecule has 0 N–H and O–H groups in total. The molecule has 90 valence electrons. The average Bonchev–Trinajstić information content (AvgIpc) is 3.10. The SMILES string of the molecule is O=C([O-])[C@H]1O[C@@H]1C(=O)OCCc1ccccc1. The number of carboxylic acids is 1. The Kier molecular flexibility index (Phi) is 3.39. The van der Waals surface area contributed by atoms with Crippen LogP contribution in [-0.2, 0) is 25.5 Å². The summed E-state index contributed by atoms with van der Waals surface area (Å²) in [4.78, 5) is 21.6. The van der Waals surface area contributed by atoms with Crippen molar-refractivity contribution in [1.29, 1.82) is 0 Å². The summed E-state index contributed by atoms with van der Waals surface area (Å²) in [5, 5.41) is 10.3. The van der Waals surface area contributed by atoms with E-state index in [4.69, 9.17) is 4.74 Å². The minimum absolute atomic E-state index is 0.211. The summed E-state index contributed by atoms with van der Waals surface area (Å²) in [5.74, 6) is -2.02. The Labute approximate surface area is 98.0 Å². The Bertz CT molecular complexity index is 414. The molecule has 0 bridgehead atoms. The molecule has 1 aromatic carbocycles. The quantitative estimate of drug-likeness (QED) is 0.497. The lowest BCUT2D eigenvalue weighted by atomic mass is 10.2. The molecule has 0 unspecified atom stereocenters. The van der Waals surface area contributed by atoms with Crippen LogP contribution in [-0.4, -0.2) is 30.8 Å². The number of esters is 1. The third kappa shape index (κ3) is 3.04. The first kappa shape index (κ1) is 11.6. The molecule has 1 saturated heterocycles. The molecular weight excluding hydrogens is 224 g/mol. The van der Waals surface area contributed by atoms with E-state index >= 15 is 0 Å². The van der Waals surface area contributed by atoms with Crippen molar-refractivity contribution in [2.24, 2.45) is 0 Å². The molecule has 0 spiro atoms. The van der Waals surface area contributed by atoms with Crippen molar-refractivity contribution in [2.75, 3.05) is 6.61 Å². The molecule has 0 aromatic heterocycles. The van der Waals surface area contributed by atoms with Gasteiger partial charge in [-0.3, -0.25) is 0 Å². The van der Waals surface area contributed by atoms with Gasteiger partial charge >= 0.3 is 5.97 Å². The molecule has 2 atom stereocenters. The van der Waals surface area contributed by atoms with Gasteiger partial charge in [-0.2, -0.15) is 0 Å². The maximum atomic E-state index is 11.3. The van der Waals surface area contributed by atoms with Crippen molar-refractivity contribution >= 4 is 11.9 Å². The van der Waals surface area contributed by atoms with Crippen LogP contribution in [0.2, 0.25) is 0 Å². The lowest BCUT2D eigenvalue weighted by Crippen LogP contribution is -2.31. The first-order chi connectivity index (χ1) is 8.18. The molecule has 5 heteroatoms. The maximum Gasteiger partial charge on any atom is 0.338 e. The van der Waals surface area contributed by atoms with Gasteiger partial charge in [0, 0.05) is 6.42 Å². The minimum Gasteiger partial charge on any atom is -0.547 e. The summed E-state index contributed by atoms with van der Waals surface area (Å²) in [6, 6.07) is 9.54. The fourth-order valence-electron chi connectivity index (χ4n) is 1.47. The zero-order valence-corrected chi connectivity index (χ0v) is 9.00. The average molecular weight is 235 g/mol. The molecule has 0 amide bonds. The van der Waals surface area contributed by atoms with Gasteiger partial charge < -0.3 is 19.4 Å². The molecular formula is C12H11O5-. The third-order valence-electron chi connectivity index (χ3n) is 2.43. The number of rotatable bonds is 5. The van der Waals surface area contributed by atoms with Gasteiger partial charge in [-0.15, -0.1) is 0 Å². The van der Waals surface area contributed by atoms with Gasteiger partial charge in [-0.25, -0.2) is 4.79 Å². The number of ether oxygens (including phenoxy) is 2. The summed E-state index contributed by atoms with van der Waals surface area (Å²) in [7, 11) is 0. The standard InChI is InChI=1S/C12H12O5/c13-11(14)9-10(17-9)12(15)16-7-6-8-4-2-1-3-5-8/h1-5,9-10H,6-7H2,(H,13,14)/p-1/t9-,10-/m0/s1. The number of hydrogen-bond acceptors (Lipinski definition) is 5. The highest BCUT2D eigenvalue weighted by Crippen LogP contribution is 2.22. The van der Waals surface area contributed by atoms with E-state index < -0.39 is 24.1 Å². The van der Waals surface area contributed by atoms with Crippen molar-refractivity contribution < 1.29 is 24.2 Å². The fourth-order valence-corrected chi connectivity index (χ4v) is 1.47. The van der Waals surface area contributed by atoms with Crippen LogP contribution in [0.15, 0.2) is 30.3 Å². The maximum absolute atomic E-state index is 11.3. The molecule has 0 saturated carbocycles. The normalized spacial score (nSPS) is 21.9. The van der Waals surface area contributed by atoms with Crippen molar-refractivity contribution in [2.45, 2.75) is 18.6 Å². The van der Waals surface area contributed by atoms with E-state index in [1.807, 2.05) is 30.3 Å². The van der Waals surface area contributed by atoms with Crippen molar-refractivity contribution in [1.82, 2.24) is 0 Å². The molecule has 17 heavy (non-hydrogen) atoms. The van der Waals surface area contributed by atoms with Crippen molar-refractivity contribution in [3.63, 3.8) is 0 Å². The Balaban J connectivity index is 1.70. The van der Waals surface area contributed by atoms with E-state index in [0.29, 0.717) is 6.42 Å². The van der Waals surface area contributed by atoms with Crippen LogP contribution in [0.4, 0.5) is 0 Å². The number of benzene rings is 1. The van der Waals surface area contributed by atoms with Gasteiger partial charge in [-0.1, -0.05) is 30.3 Å². The first-order valence-electron chi connectivity index (χ1n) is 5.25. The topological polar surface area (TPSA) is 79.0 Å². The largest absolute Gasteiger partial charge is 0.547 e. The number of carboxylic acid groups (broad SMARTS) is 1. The monoisotopic (exact) mass is 235 g/mol. The molecule has 0 aliphatic carbocycles. The number of aliphatic carboxylic acids is 1. The number of hydrogen-bond donors (Lipinski definition) is 0. The summed E-state index contributed by atoms with van der Waals surface area (Å²) >= 11 is 0. The molecule has 1 heterocycles. The second kappa shape index (κ2) is 4.97. The van der Waals surface area contributed by atoms with Crippen molar-refractivity contribution in [3.05, 3.63) is 35.9 Å². The molecule has 5 nitrogen and oxygen atoms in total. The lowest BCUT2D eigenvalue weighted by Gasteiger charge is -2.03. The first-order valence-corrected chi connectivity index (χ1v) is 5.25. The Hall–Kier alpha value is -1.88. The van der Waals surface area contributed by atoms with Crippen LogP contribution in [0.5, 0.6) is 0 Å². The summed E-state index contributed by atoms with van der Waals surface area (Å²) in [6.07, 6.45) is -1.54. The molecule has 0 radical (unpaired) electrons. The molecule has 1 fully saturated rings. The minimum atomic E-state index is -1.38. The van der Waals surface area contributed by atoms with Crippen LogP contribution < -0.4 is 5.11 Å². The van der Waals surface area contributed by atoms with Crippen molar-refractivity contribution in [3.8, 4) is 0 Å². The lowest BCUT2D eigenvalue weighted by molar-refractivity contribution is -0.307. The zero-order valence-electron chi connectivity index (χ0n) is 9.00. The smallest absolute Gasteiger partial charge is 0.338 e. The van der Waals surface area contributed by atoms with E-state index in [1.165, 1.54) is 0 Å². The highest BCUT2D eigenvalue weighted by molar-refractivity contribution is 5.88. The Morgan fingerprint density at radius 1 is 1.24 bits per heavy atom. The third-order valence-corrected chi connectivity index (χ3v) is 2.43. The Morgan fingerprint density at radius 3 is 2.53 bits per heavy atom. The van der Waals surface area contributed by atoms with E-state index in [1.54, 1.807) is 0 Å². The predicted molar refractivity (Wildman–Crippen MR) is 54.8 cm³/mol. The fraction of sp³-hybridized carbons (Fsp3) is 0.333. The summed E-state index contributed by atoms with van der Waals surface area (Å²) in [6.45, 7) is 0.211. The highest BCUT2D eigenvalue weighted by Gasteiger charge is 2.47. The second-order valence-electron chi connectivity index (χ2n) is 3.70. The number of epoxide rings is 1. The summed E-state index contributed by atoms with van der Waals surface area (Å²) < 4.78 is 9.50. The molecule has 1 aliphatic heterocycles. The summed E-state index contributed by atoms with van der Waals surface area (Å²) in [5.41, 5.74) is 1.05. The predicted octanol–water partition coefficient (Wildman–Crippen LogP) is -0.710. The van der Waals surface area contributed by atoms with E-state index in [9.17, 15) is 14.7 Å². The molecule has 1 aliphatic rings. The van der Waals surface area contributed by atoms with Gasteiger partial charge in [0.25, 0.3) is 0 Å². The van der Waals surface area contributed by atoms with Crippen LogP contribution in [0.3, 0.4) is 0 Å². The van der Waals surface area contributed by atoms with Crippen LogP contribution in [0.25, 0.3) is 0 Å². The number of carbonyl (C=O) groups is 2. The second-order valence-corrected chi connectivity index (χ2v) is 3.70. The number of carbonyl (C=O) groups excluding carboxylic acids is 2. The Morgan fingerprint density at radius 2 is 1.94 bits per heavy atom. The van der Waals surface area contributed by atoms with Gasteiger partial charge in [0.05, 0.1) is 12.6 Å². The van der Waals surface area contributed by atoms with E-state index in [-0.39, 0.29) is 6.61 Å². The zero-order chi connectivity index (χ0) is 12.3. The van der Waals surface area contributed by atoms with Gasteiger partial charge in [0.15, 0.2) is 6.10 Å². The molecule has 1 aromatic rings. The van der Waals surface area contributed by atoms with Gasteiger partial charge in [0.1, 0.15) is 6.10 Å². The van der Waals surface area contributed by atoms with Crippen LogP contribution in [0, 0.1) is 0 Å². The van der Waals surface area contributed by atoms with E-state index in [0.717, 1.165) is 5.56 Å². The van der Waals surface area contributed by atoms with Gasteiger partial charge in [0.2, 0.25) is 0 Å². The van der Waals surface area contributed by atoms with Gasteiger partial charge in [-0.05, 0) is 5.56 Å². The van der Waals surface area contributed by atoms with Crippen LogP contribution in [0.1, 0.15) is 5.56 Å².